The van der Waals surface area contributed by atoms with E-state index in [0.29, 0.717) is 17.0 Å². The molecule has 0 radical (unpaired) electrons. The van der Waals surface area contributed by atoms with E-state index >= 15 is 0 Å². The van der Waals surface area contributed by atoms with Crippen LogP contribution in [0.4, 0.5) is 0 Å². The minimum atomic E-state index is -0.143. The highest BCUT2D eigenvalue weighted by Gasteiger charge is 2.43. The summed E-state index contributed by atoms with van der Waals surface area (Å²) >= 11 is 3.21. The first kappa shape index (κ1) is 14.1. The largest absolute Gasteiger partial charge is 0.444 e. The molecule has 0 aromatic carbocycles. The van der Waals surface area contributed by atoms with Crippen LogP contribution in [-0.2, 0) is 4.74 Å². The molecular formula is C14H19BrN2O3. The van der Waals surface area contributed by atoms with Crippen LogP contribution < -0.4 is 5.32 Å². The number of morpholine rings is 1. The summed E-state index contributed by atoms with van der Waals surface area (Å²) in [6.45, 7) is 4.19. The maximum atomic E-state index is 12.1. The fraction of sp³-hybridized carbons (Fsp3) is 0.643. The summed E-state index contributed by atoms with van der Waals surface area (Å²) < 4.78 is 11.3. The van der Waals surface area contributed by atoms with Gasteiger partial charge in [0.15, 0.2) is 10.4 Å². The van der Waals surface area contributed by atoms with Crippen molar-refractivity contribution in [1.82, 2.24) is 10.2 Å². The topological polar surface area (TPSA) is 54.7 Å². The summed E-state index contributed by atoms with van der Waals surface area (Å²) in [7, 11) is 0. The molecule has 1 saturated carbocycles. The third-order valence-electron chi connectivity index (χ3n) is 4.34. The average molecular weight is 343 g/mol. The SMILES string of the molecule is O=C(NCC1(N2CCOCC2)CCC1)c1ccc(Br)o1. The number of nitrogens with one attached hydrogen (secondary N) is 1. The number of hydrogen-bond donors (Lipinski definition) is 1. The molecule has 1 N–H and O–H groups in total. The van der Waals surface area contributed by atoms with Gasteiger partial charge in [-0.15, -0.1) is 0 Å². The Balaban J connectivity index is 1.59. The number of hydrogen-bond acceptors (Lipinski definition) is 4. The predicted molar refractivity (Wildman–Crippen MR) is 77.7 cm³/mol. The lowest BCUT2D eigenvalue weighted by molar-refractivity contribution is -0.0540. The van der Waals surface area contributed by atoms with Gasteiger partial charge < -0.3 is 14.5 Å². The van der Waals surface area contributed by atoms with Crippen molar-refractivity contribution in [2.24, 2.45) is 0 Å². The van der Waals surface area contributed by atoms with Crippen molar-refractivity contribution in [3.63, 3.8) is 0 Å². The second-order valence-electron chi connectivity index (χ2n) is 5.46. The predicted octanol–water partition coefficient (Wildman–Crippen LogP) is 2.03. The van der Waals surface area contributed by atoms with Gasteiger partial charge in [-0.25, -0.2) is 0 Å². The number of amides is 1. The van der Waals surface area contributed by atoms with Crippen LogP contribution in [0.15, 0.2) is 21.2 Å². The number of nitrogens with zero attached hydrogens (tertiary/aromatic N) is 1. The molecule has 6 heteroatoms. The first-order valence-electron chi connectivity index (χ1n) is 7.06. The molecule has 20 heavy (non-hydrogen) atoms. The summed E-state index contributed by atoms with van der Waals surface area (Å²) in [4.78, 5) is 14.5. The fourth-order valence-corrected chi connectivity index (χ4v) is 3.30. The van der Waals surface area contributed by atoms with Crippen molar-refractivity contribution in [3.8, 4) is 0 Å². The van der Waals surface area contributed by atoms with E-state index in [9.17, 15) is 4.79 Å². The summed E-state index contributed by atoms with van der Waals surface area (Å²) in [5, 5.41) is 3.02. The Morgan fingerprint density at radius 1 is 1.35 bits per heavy atom. The Hall–Kier alpha value is -0.850. The lowest BCUT2D eigenvalue weighted by atomic mass is 9.75. The van der Waals surface area contributed by atoms with Crippen molar-refractivity contribution in [1.29, 1.82) is 0 Å². The van der Waals surface area contributed by atoms with Gasteiger partial charge in [0.2, 0.25) is 0 Å². The smallest absolute Gasteiger partial charge is 0.287 e. The average Bonchev–Trinajstić information content (AvgIpc) is 2.85. The number of carbonyl (C=O) groups excluding carboxylic acids is 1. The molecule has 2 aliphatic rings. The second kappa shape index (κ2) is 5.87. The Kier molecular flexibility index (Phi) is 4.14. The maximum absolute atomic E-state index is 12.1. The van der Waals surface area contributed by atoms with E-state index in [0.717, 1.165) is 39.1 Å². The first-order valence-corrected chi connectivity index (χ1v) is 7.85. The summed E-state index contributed by atoms with van der Waals surface area (Å²) in [5.41, 5.74) is 0.128. The molecule has 0 atom stereocenters. The van der Waals surface area contributed by atoms with Crippen molar-refractivity contribution < 1.29 is 13.9 Å². The van der Waals surface area contributed by atoms with Crippen molar-refractivity contribution in [2.45, 2.75) is 24.8 Å². The molecule has 1 aromatic rings. The van der Waals surface area contributed by atoms with Gasteiger partial charge in [-0.05, 0) is 47.3 Å². The zero-order chi connectivity index (χ0) is 14.0. The third-order valence-corrected chi connectivity index (χ3v) is 4.77. The van der Waals surface area contributed by atoms with Gasteiger partial charge >= 0.3 is 0 Å². The van der Waals surface area contributed by atoms with E-state index in [1.54, 1.807) is 12.1 Å². The van der Waals surface area contributed by atoms with Crippen molar-refractivity contribution in [3.05, 3.63) is 22.6 Å². The Bertz CT molecular complexity index is 479. The molecule has 0 bridgehead atoms. The molecule has 110 valence electrons. The van der Waals surface area contributed by atoms with Crippen molar-refractivity contribution in [2.75, 3.05) is 32.8 Å². The number of furan rings is 1. The normalized spacial score (nSPS) is 22.2. The number of ether oxygens (including phenoxy) is 1. The third kappa shape index (κ3) is 2.77. The summed E-state index contributed by atoms with van der Waals surface area (Å²) in [6.07, 6.45) is 3.53. The van der Waals surface area contributed by atoms with E-state index in [1.165, 1.54) is 6.42 Å². The minimum Gasteiger partial charge on any atom is -0.444 e. The van der Waals surface area contributed by atoms with Gasteiger partial charge in [0.05, 0.1) is 13.2 Å². The maximum Gasteiger partial charge on any atom is 0.287 e. The zero-order valence-electron chi connectivity index (χ0n) is 11.4. The van der Waals surface area contributed by atoms with E-state index in [-0.39, 0.29) is 11.4 Å². The van der Waals surface area contributed by atoms with Gasteiger partial charge in [0.1, 0.15) is 0 Å². The first-order chi connectivity index (χ1) is 9.70. The van der Waals surface area contributed by atoms with Crippen LogP contribution >= 0.6 is 15.9 Å². The van der Waals surface area contributed by atoms with Crippen LogP contribution in [0.25, 0.3) is 0 Å². The number of rotatable bonds is 4. The molecule has 1 saturated heterocycles. The Labute approximate surface area is 126 Å². The van der Waals surface area contributed by atoms with Crippen molar-refractivity contribution >= 4 is 21.8 Å². The molecular weight excluding hydrogens is 324 g/mol. The Morgan fingerprint density at radius 3 is 2.65 bits per heavy atom. The van der Waals surface area contributed by atoms with Gasteiger partial charge in [0, 0.05) is 25.2 Å². The van der Waals surface area contributed by atoms with E-state index in [1.807, 2.05) is 0 Å². The minimum absolute atomic E-state index is 0.128. The standard InChI is InChI=1S/C14H19BrN2O3/c15-12-3-2-11(20-12)13(18)16-10-14(4-1-5-14)17-6-8-19-9-7-17/h2-3H,1,4-10H2,(H,16,18). The van der Waals surface area contributed by atoms with Crippen LogP contribution in [0.1, 0.15) is 29.8 Å². The number of carbonyl (C=O) groups is 1. The van der Waals surface area contributed by atoms with Gasteiger partial charge in [-0.3, -0.25) is 9.69 Å². The highest BCUT2D eigenvalue weighted by atomic mass is 79.9. The summed E-state index contributed by atoms with van der Waals surface area (Å²) in [6, 6.07) is 3.41. The quantitative estimate of drug-likeness (QED) is 0.909. The molecule has 1 aliphatic carbocycles. The lowest BCUT2D eigenvalue weighted by Crippen LogP contribution is -2.62. The van der Waals surface area contributed by atoms with E-state index in [2.05, 4.69) is 26.1 Å². The molecule has 2 heterocycles. The number of halogens is 1. The van der Waals surface area contributed by atoms with Crippen LogP contribution in [0, 0.1) is 0 Å². The van der Waals surface area contributed by atoms with Crippen LogP contribution in [-0.4, -0.2) is 49.2 Å². The highest BCUT2D eigenvalue weighted by Crippen LogP contribution is 2.37. The molecule has 3 rings (SSSR count). The van der Waals surface area contributed by atoms with Gasteiger partial charge in [-0.1, -0.05) is 0 Å². The van der Waals surface area contributed by atoms with Crippen LogP contribution in [0.2, 0.25) is 0 Å². The van der Waals surface area contributed by atoms with E-state index in [4.69, 9.17) is 9.15 Å². The zero-order valence-corrected chi connectivity index (χ0v) is 12.9. The lowest BCUT2D eigenvalue weighted by Gasteiger charge is -2.51. The fourth-order valence-electron chi connectivity index (χ4n) is 3.00. The molecule has 0 unspecified atom stereocenters. The summed E-state index contributed by atoms with van der Waals surface area (Å²) in [5.74, 6) is 0.212. The highest BCUT2D eigenvalue weighted by molar-refractivity contribution is 9.10. The van der Waals surface area contributed by atoms with Crippen LogP contribution in [0.5, 0.6) is 0 Å². The second-order valence-corrected chi connectivity index (χ2v) is 6.25. The Morgan fingerprint density at radius 2 is 2.10 bits per heavy atom. The molecule has 1 aromatic heterocycles. The molecule has 1 amide bonds. The van der Waals surface area contributed by atoms with Crippen LogP contribution in [0.3, 0.4) is 0 Å². The molecule has 1 aliphatic heterocycles. The molecule has 5 nitrogen and oxygen atoms in total. The molecule has 2 fully saturated rings. The molecule has 0 spiro atoms. The monoisotopic (exact) mass is 342 g/mol. The van der Waals surface area contributed by atoms with Gasteiger partial charge in [-0.2, -0.15) is 0 Å². The van der Waals surface area contributed by atoms with Gasteiger partial charge in [0.25, 0.3) is 5.91 Å². The van der Waals surface area contributed by atoms with E-state index < -0.39 is 0 Å².